The van der Waals surface area contributed by atoms with Gasteiger partial charge in [-0.2, -0.15) is 0 Å². The molecule has 0 bridgehead atoms. The molecule has 2 atom stereocenters. The molecule has 0 aliphatic heterocycles. The number of carbonyl (C=O) groups excluding carboxylic acids is 2. The lowest BCUT2D eigenvalue weighted by molar-refractivity contribution is -0.143. The fourth-order valence-electron chi connectivity index (χ4n) is 12.3. The summed E-state index contributed by atoms with van der Waals surface area (Å²) in [5.74, 6) is -0.0237. The molecule has 0 spiro atoms. The van der Waals surface area contributed by atoms with E-state index in [1.54, 1.807) is 0 Å². The van der Waals surface area contributed by atoms with E-state index in [0.29, 0.717) is 25.9 Å². The van der Waals surface area contributed by atoms with Crippen molar-refractivity contribution >= 4 is 11.9 Å². The van der Waals surface area contributed by atoms with E-state index in [9.17, 15) is 19.8 Å². The summed E-state index contributed by atoms with van der Waals surface area (Å²) in [6.45, 7) is 4.95. The second-order valence-corrected chi connectivity index (χ2v) is 27.0. The zero-order valence-corrected chi connectivity index (χ0v) is 58.8. The van der Waals surface area contributed by atoms with Crippen LogP contribution >= 0.6 is 0 Å². The molecule has 0 saturated heterocycles. The Balaban J connectivity index is 3.37. The van der Waals surface area contributed by atoms with Crippen molar-refractivity contribution in [1.82, 2.24) is 5.32 Å². The van der Waals surface area contributed by atoms with Gasteiger partial charge in [0.1, 0.15) is 0 Å². The Bertz CT molecular complexity index is 1450. The number of hydrogen-bond donors (Lipinski definition) is 3. The third-order valence-electron chi connectivity index (χ3n) is 18.4. The quantitative estimate of drug-likeness (QED) is 0.0320. The predicted octanol–water partition coefficient (Wildman–Crippen LogP) is 26.0. The van der Waals surface area contributed by atoms with Gasteiger partial charge in [0.15, 0.2) is 0 Å². The van der Waals surface area contributed by atoms with Gasteiger partial charge in [0, 0.05) is 12.8 Å². The molecular weight excluding hydrogens is 1070 g/mol. The Morgan fingerprint density at radius 3 is 0.908 bits per heavy atom. The van der Waals surface area contributed by atoms with Crippen molar-refractivity contribution in [3.8, 4) is 0 Å². The van der Waals surface area contributed by atoms with Crippen LogP contribution in [-0.4, -0.2) is 47.4 Å². The highest BCUT2D eigenvalue weighted by Crippen LogP contribution is 2.19. The van der Waals surface area contributed by atoms with E-state index in [1.165, 1.54) is 340 Å². The maximum absolute atomic E-state index is 12.6. The minimum atomic E-state index is -0.664. The number of rotatable bonds is 74. The summed E-state index contributed by atoms with van der Waals surface area (Å²) in [4.78, 5) is 24.6. The summed E-state index contributed by atoms with van der Waals surface area (Å²) in [7, 11) is 0. The number of nitrogens with one attached hydrogen (secondary N) is 1. The Morgan fingerprint density at radius 1 is 0.322 bits per heavy atom. The number of allylic oxidation sites excluding steroid dienone is 8. The predicted molar refractivity (Wildman–Crippen MR) is 384 cm³/mol. The van der Waals surface area contributed by atoms with Gasteiger partial charge in [-0.15, -0.1) is 0 Å². The average molecular weight is 1220 g/mol. The maximum atomic E-state index is 12.6. The number of aliphatic hydroxyl groups excluding tert-OH is 2. The largest absolute Gasteiger partial charge is 0.466 e. The molecule has 0 aromatic carbocycles. The lowest BCUT2D eigenvalue weighted by atomic mass is 10.0. The lowest BCUT2D eigenvalue weighted by Crippen LogP contribution is -2.45. The van der Waals surface area contributed by atoms with Crippen LogP contribution in [0, 0.1) is 0 Å². The van der Waals surface area contributed by atoms with Crippen molar-refractivity contribution in [2.24, 2.45) is 0 Å². The topological polar surface area (TPSA) is 95.9 Å². The van der Waals surface area contributed by atoms with Gasteiger partial charge >= 0.3 is 5.97 Å². The number of ether oxygens (including phenoxy) is 1. The first kappa shape index (κ1) is 84.8. The van der Waals surface area contributed by atoms with E-state index < -0.39 is 12.1 Å². The molecule has 0 aliphatic rings. The van der Waals surface area contributed by atoms with E-state index in [0.717, 1.165) is 57.8 Å². The Morgan fingerprint density at radius 2 is 0.586 bits per heavy atom. The van der Waals surface area contributed by atoms with Crippen LogP contribution in [0.2, 0.25) is 0 Å². The van der Waals surface area contributed by atoms with Gasteiger partial charge in [-0.25, -0.2) is 0 Å². The molecule has 0 aromatic rings. The van der Waals surface area contributed by atoms with Gasteiger partial charge in [-0.3, -0.25) is 9.59 Å². The second-order valence-electron chi connectivity index (χ2n) is 27.0. The first-order chi connectivity index (χ1) is 43.0. The molecule has 0 fully saturated rings. The number of unbranched alkanes of at least 4 members (excludes halogenated alkanes) is 55. The van der Waals surface area contributed by atoms with Crippen LogP contribution in [0.15, 0.2) is 48.6 Å². The Labute approximate surface area is 544 Å². The summed E-state index contributed by atoms with van der Waals surface area (Å²) in [6, 6.07) is -0.540. The normalized spacial score (nSPS) is 12.7. The summed E-state index contributed by atoms with van der Waals surface area (Å²) in [5.41, 5.74) is 0. The summed E-state index contributed by atoms with van der Waals surface area (Å²) < 4.78 is 5.48. The third-order valence-corrected chi connectivity index (χ3v) is 18.4. The molecule has 0 aromatic heterocycles. The second kappa shape index (κ2) is 76.3. The summed E-state index contributed by atoms with van der Waals surface area (Å²) in [6.07, 6.45) is 101. The van der Waals surface area contributed by atoms with E-state index in [2.05, 4.69) is 67.8 Å². The van der Waals surface area contributed by atoms with Gasteiger partial charge in [0.2, 0.25) is 5.91 Å². The van der Waals surface area contributed by atoms with E-state index in [1.807, 2.05) is 0 Å². The molecule has 87 heavy (non-hydrogen) atoms. The number of hydrogen-bond acceptors (Lipinski definition) is 5. The minimum Gasteiger partial charge on any atom is -0.466 e. The monoisotopic (exact) mass is 1220 g/mol. The molecular formula is C81H153NO5. The van der Waals surface area contributed by atoms with Gasteiger partial charge < -0.3 is 20.3 Å². The van der Waals surface area contributed by atoms with Crippen LogP contribution < -0.4 is 5.32 Å². The zero-order chi connectivity index (χ0) is 62.8. The van der Waals surface area contributed by atoms with Crippen LogP contribution in [-0.2, 0) is 14.3 Å². The van der Waals surface area contributed by atoms with Crippen LogP contribution in [0.25, 0.3) is 0 Å². The van der Waals surface area contributed by atoms with E-state index in [4.69, 9.17) is 4.74 Å². The fraction of sp³-hybridized carbons (Fsp3) is 0.877. The fourth-order valence-corrected chi connectivity index (χ4v) is 12.3. The molecule has 0 heterocycles. The number of carbonyl (C=O) groups is 2. The van der Waals surface area contributed by atoms with Crippen molar-refractivity contribution in [3.05, 3.63) is 48.6 Å². The molecule has 0 aliphatic carbocycles. The third kappa shape index (κ3) is 72.8. The Kier molecular flexibility index (Phi) is 74.4. The molecule has 3 N–H and O–H groups in total. The number of amides is 1. The SMILES string of the molecule is CCCC/C=C\C/C=C\CCCCCCCC(=O)OCCCCCCCCCCCCCCC/C=C\C/C=C\CCCCCCCCCCCCCCCCCCCC(=O)NC(CO)C(O)CCCCCCCCCCCCCCCCCCCCC. The lowest BCUT2D eigenvalue weighted by Gasteiger charge is -2.22. The summed E-state index contributed by atoms with van der Waals surface area (Å²) >= 11 is 0. The van der Waals surface area contributed by atoms with Crippen LogP contribution in [0.3, 0.4) is 0 Å². The first-order valence-corrected chi connectivity index (χ1v) is 39.4. The maximum Gasteiger partial charge on any atom is 0.305 e. The van der Waals surface area contributed by atoms with Gasteiger partial charge in [-0.1, -0.05) is 383 Å². The molecule has 0 rings (SSSR count). The standard InChI is InChI=1S/C81H153NO5/c1-3-5-7-9-11-13-15-17-19-20-40-43-46-49-53-57-61-65-69-73-79(84)78(77-83)82-80(85)74-70-66-62-58-54-50-47-44-41-38-36-34-32-30-28-26-24-22-21-23-25-27-29-31-33-35-37-39-42-45-48-52-56-60-64-68-72-76-87-81(86)75-71-67-63-59-55-51-18-16-14-12-10-8-6-4-2/h10,12,16,18,21,23,27,29,78-79,83-84H,3-9,11,13-15,17,19-20,22,24-26,28,30-77H2,1-2H3,(H,82,85)/b12-10-,18-16-,23-21-,29-27-. The number of esters is 1. The molecule has 512 valence electrons. The smallest absolute Gasteiger partial charge is 0.305 e. The van der Waals surface area contributed by atoms with Gasteiger partial charge in [0.05, 0.1) is 25.4 Å². The molecule has 0 radical (unpaired) electrons. The highest BCUT2D eigenvalue weighted by atomic mass is 16.5. The van der Waals surface area contributed by atoms with Crippen molar-refractivity contribution in [1.29, 1.82) is 0 Å². The van der Waals surface area contributed by atoms with Crippen LogP contribution in [0.4, 0.5) is 0 Å². The van der Waals surface area contributed by atoms with Gasteiger partial charge in [0.25, 0.3) is 0 Å². The first-order valence-electron chi connectivity index (χ1n) is 39.4. The van der Waals surface area contributed by atoms with Crippen molar-refractivity contribution in [2.45, 2.75) is 443 Å². The molecule has 0 saturated carbocycles. The molecule has 1 amide bonds. The van der Waals surface area contributed by atoms with Gasteiger partial charge in [-0.05, 0) is 83.5 Å². The zero-order valence-electron chi connectivity index (χ0n) is 58.8. The van der Waals surface area contributed by atoms with Crippen LogP contribution in [0.1, 0.15) is 431 Å². The Hall–Kier alpha value is -2.18. The summed E-state index contributed by atoms with van der Waals surface area (Å²) in [5, 5.41) is 23.4. The molecule has 6 heteroatoms. The molecule has 6 nitrogen and oxygen atoms in total. The van der Waals surface area contributed by atoms with Crippen molar-refractivity contribution in [3.63, 3.8) is 0 Å². The highest BCUT2D eigenvalue weighted by molar-refractivity contribution is 5.76. The van der Waals surface area contributed by atoms with E-state index >= 15 is 0 Å². The van der Waals surface area contributed by atoms with Crippen LogP contribution in [0.5, 0.6) is 0 Å². The number of aliphatic hydroxyl groups is 2. The molecule has 2 unspecified atom stereocenters. The highest BCUT2D eigenvalue weighted by Gasteiger charge is 2.20. The van der Waals surface area contributed by atoms with Crippen molar-refractivity contribution < 1.29 is 24.5 Å². The average Bonchev–Trinajstić information content (AvgIpc) is 3.54. The van der Waals surface area contributed by atoms with Crippen molar-refractivity contribution in [2.75, 3.05) is 13.2 Å². The van der Waals surface area contributed by atoms with E-state index in [-0.39, 0.29) is 18.5 Å². The minimum absolute atomic E-state index is 0.00438.